The zero-order valence-electron chi connectivity index (χ0n) is 6.76. The first kappa shape index (κ1) is 8.71. The van der Waals surface area contributed by atoms with Crippen molar-refractivity contribution < 1.29 is 4.39 Å². The van der Waals surface area contributed by atoms with Gasteiger partial charge in [-0.1, -0.05) is 6.08 Å². The highest BCUT2D eigenvalue weighted by molar-refractivity contribution is 5.33. The van der Waals surface area contributed by atoms with Crippen LogP contribution in [0.3, 0.4) is 0 Å². The minimum atomic E-state index is -0.315. The van der Waals surface area contributed by atoms with E-state index in [1.807, 2.05) is 6.08 Å². The van der Waals surface area contributed by atoms with Gasteiger partial charge in [-0.3, -0.25) is 0 Å². The Morgan fingerprint density at radius 1 is 1.58 bits per heavy atom. The van der Waals surface area contributed by atoms with Gasteiger partial charge >= 0.3 is 0 Å². The SMILES string of the molecule is C=CCCNc1ccc(F)cn1. The Labute approximate surface area is 71.1 Å². The molecule has 2 nitrogen and oxygen atoms in total. The number of pyridine rings is 1. The van der Waals surface area contributed by atoms with Crippen molar-refractivity contribution in [1.29, 1.82) is 0 Å². The van der Waals surface area contributed by atoms with E-state index in [-0.39, 0.29) is 5.82 Å². The first-order valence-corrected chi connectivity index (χ1v) is 3.79. The van der Waals surface area contributed by atoms with Crippen LogP contribution in [-0.4, -0.2) is 11.5 Å². The summed E-state index contributed by atoms with van der Waals surface area (Å²) in [6.07, 6.45) is 3.88. The third kappa shape index (κ3) is 2.70. The molecule has 0 aliphatic heterocycles. The van der Waals surface area contributed by atoms with Gasteiger partial charge < -0.3 is 5.32 Å². The number of anilines is 1. The summed E-state index contributed by atoms with van der Waals surface area (Å²) in [7, 11) is 0. The van der Waals surface area contributed by atoms with E-state index in [0.717, 1.165) is 13.0 Å². The van der Waals surface area contributed by atoms with Crippen LogP contribution in [0, 0.1) is 5.82 Å². The Balaban J connectivity index is 2.42. The number of hydrogen-bond donors (Lipinski definition) is 1. The van der Waals surface area contributed by atoms with Crippen molar-refractivity contribution in [2.75, 3.05) is 11.9 Å². The summed E-state index contributed by atoms with van der Waals surface area (Å²) in [6.45, 7) is 4.37. The van der Waals surface area contributed by atoms with E-state index in [2.05, 4.69) is 16.9 Å². The van der Waals surface area contributed by atoms with Crippen LogP contribution in [0.25, 0.3) is 0 Å². The summed E-state index contributed by atoms with van der Waals surface area (Å²) >= 11 is 0. The molecule has 0 saturated carbocycles. The highest BCUT2D eigenvalue weighted by Crippen LogP contribution is 2.02. The molecule has 1 aromatic heterocycles. The quantitative estimate of drug-likeness (QED) is 0.548. The molecular weight excluding hydrogens is 155 g/mol. The molecule has 1 N–H and O–H groups in total. The molecule has 0 saturated heterocycles. The molecule has 0 bridgehead atoms. The van der Waals surface area contributed by atoms with Crippen LogP contribution in [0.2, 0.25) is 0 Å². The summed E-state index contributed by atoms with van der Waals surface area (Å²) in [4.78, 5) is 3.83. The van der Waals surface area contributed by atoms with E-state index < -0.39 is 0 Å². The Bertz CT molecular complexity index is 243. The molecule has 1 heterocycles. The Kier molecular flexibility index (Phi) is 3.26. The zero-order valence-corrected chi connectivity index (χ0v) is 6.76. The number of halogens is 1. The van der Waals surface area contributed by atoms with Crippen LogP contribution in [0.4, 0.5) is 10.2 Å². The van der Waals surface area contributed by atoms with E-state index >= 15 is 0 Å². The molecule has 64 valence electrons. The average molecular weight is 166 g/mol. The molecule has 12 heavy (non-hydrogen) atoms. The molecular formula is C9H11FN2. The molecule has 0 aromatic carbocycles. The van der Waals surface area contributed by atoms with Gasteiger partial charge in [0.05, 0.1) is 6.20 Å². The van der Waals surface area contributed by atoms with Crippen molar-refractivity contribution in [3.63, 3.8) is 0 Å². The predicted molar refractivity (Wildman–Crippen MR) is 47.5 cm³/mol. The maximum absolute atomic E-state index is 12.4. The molecule has 3 heteroatoms. The largest absolute Gasteiger partial charge is 0.370 e. The lowest BCUT2D eigenvalue weighted by atomic mass is 10.4. The van der Waals surface area contributed by atoms with E-state index in [0.29, 0.717) is 5.82 Å². The van der Waals surface area contributed by atoms with Crippen LogP contribution in [0.15, 0.2) is 31.0 Å². The van der Waals surface area contributed by atoms with Crippen LogP contribution in [0.1, 0.15) is 6.42 Å². The number of nitrogens with zero attached hydrogens (tertiary/aromatic N) is 1. The highest BCUT2D eigenvalue weighted by atomic mass is 19.1. The van der Waals surface area contributed by atoms with Crippen LogP contribution >= 0.6 is 0 Å². The van der Waals surface area contributed by atoms with Gasteiger partial charge in [0.25, 0.3) is 0 Å². The van der Waals surface area contributed by atoms with Gasteiger partial charge in [0.15, 0.2) is 0 Å². The van der Waals surface area contributed by atoms with E-state index in [1.54, 1.807) is 6.07 Å². The molecule has 0 amide bonds. The lowest BCUT2D eigenvalue weighted by molar-refractivity contribution is 0.621. The van der Waals surface area contributed by atoms with Crippen molar-refractivity contribution in [1.82, 2.24) is 4.98 Å². The zero-order chi connectivity index (χ0) is 8.81. The second kappa shape index (κ2) is 4.49. The fourth-order valence-electron chi connectivity index (χ4n) is 0.783. The second-order valence-electron chi connectivity index (χ2n) is 2.37. The van der Waals surface area contributed by atoms with Crippen molar-refractivity contribution in [3.05, 3.63) is 36.8 Å². The highest BCUT2D eigenvalue weighted by Gasteiger charge is 1.91. The van der Waals surface area contributed by atoms with E-state index in [9.17, 15) is 4.39 Å². The van der Waals surface area contributed by atoms with Gasteiger partial charge in [-0.2, -0.15) is 0 Å². The standard InChI is InChI=1S/C9H11FN2/c1-2-3-6-11-9-5-4-8(10)7-12-9/h2,4-5,7H,1,3,6H2,(H,11,12). The Morgan fingerprint density at radius 3 is 3.00 bits per heavy atom. The lowest BCUT2D eigenvalue weighted by Gasteiger charge is -2.01. The van der Waals surface area contributed by atoms with Crippen LogP contribution in [-0.2, 0) is 0 Å². The van der Waals surface area contributed by atoms with Gasteiger partial charge in [0, 0.05) is 6.54 Å². The fourth-order valence-corrected chi connectivity index (χ4v) is 0.783. The van der Waals surface area contributed by atoms with Crippen molar-refractivity contribution >= 4 is 5.82 Å². The molecule has 1 rings (SSSR count). The maximum atomic E-state index is 12.4. The lowest BCUT2D eigenvalue weighted by Crippen LogP contribution is -2.01. The number of nitrogens with one attached hydrogen (secondary N) is 1. The number of hydrogen-bond acceptors (Lipinski definition) is 2. The van der Waals surface area contributed by atoms with Gasteiger partial charge in [0.2, 0.25) is 0 Å². The average Bonchev–Trinajstić information content (AvgIpc) is 2.09. The smallest absolute Gasteiger partial charge is 0.141 e. The summed E-state index contributed by atoms with van der Waals surface area (Å²) in [5.41, 5.74) is 0. The summed E-state index contributed by atoms with van der Waals surface area (Å²) < 4.78 is 12.4. The van der Waals surface area contributed by atoms with Crippen molar-refractivity contribution in [3.8, 4) is 0 Å². The van der Waals surface area contributed by atoms with Crippen molar-refractivity contribution in [2.45, 2.75) is 6.42 Å². The number of rotatable bonds is 4. The minimum Gasteiger partial charge on any atom is -0.370 e. The van der Waals surface area contributed by atoms with Gasteiger partial charge in [-0.25, -0.2) is 9.37 Å². The minimum absolute atomic E-state index is 0.315. The predicted octanol–water partition coefficient (Wildman–Crippen LogP) is 2.21. The first-order chi connectivity index (χ1) is 5.83. The molecule has 1 aromatic rings. The monoisotopic (exact) mass is 166 g/mol. The molecule has 0 fully saturated rings. The van der Waals surface area contributed by atoms with Crippen molar-refractivity contribution in [2.24, 2.45) is 0 Å². The molecule has 0 spiro atoms. The maximum Gasteiger partial charge on any atom is 0.141 e. The molecule has 0 atom stereocenters. The molecule has 0 radical (unpaired) electrons. The third-order valence-corrected chi connectivity index (χ3v) is 1.38. The van der Waals surface area contributed by atoms with Crippen LogP contribution < -0.4 is 5.32 Å². The summed E-state index contributed by atoms with van der Waals surface area (Å²) in [5.74, 6) is 0.377. The Morgan fingerprint density at radius 2 is 2.42 bits per heavy atom. The van der Waals surface area contributed by atoms with E-state index in [1.165, 1.54) is 12.3 Å². The molecule has 0 unspecified atom stereocenters. The number of aromatic nitrogens is 1. The topological polar surface area (TPSA) is 24.9 Å². The van der Waals surface area contributed by atoms with Gasteiger partial charge in [-0.05, 0) is 18.6 Å². The third-order valence-electron chi connectivity index (χ3n) is 1.38. The summed E-state index contributed by atoms with van der Waals surface area (Å²) in [6, 6.07) is 2.99. The fraction of sp³-hybridized carbons (Fsp3) is 0.222. The summed E-state index contributed by atoms with van der Waals surface area (Å²) in [5, 5.41) is 3.02. The van der Waals surface area contributed by atoms with E-state index in [4.69, 9.17) is 0 Å². The van der Waals surface area contributed by atoms with Gasteiger partial charge in [0.1, 0.15) is 11.6 Å². The molecule has 0 aliphatic carbocycles. The first-order valence-electron chi connectivity index (χ1n) is 3.79. The second-order valence-corrected chi connectivity index (χ2v) is 2.37. The molecule has 0 aliphatic rings. The normalized spacial score (nSPS) is 9.42. The van der Waals surface area contributed by atoms with Crippen LogP contribution in [0.5, 0.6) is 0 Å². The Hall–Kier alpha value is -1.38. The van der Waals surface area contributed by atoms with Gasteiger partial charge in [-0.15, -0.1) is 6.58 Å².